The Morgan fingerprint density at radius 1 is 1.17 bits per heavy atom. The molecular formula is C19H20N2O2. The second-order valence-corrected chi connectivity index (χ2v) is 5.78. The van der Waals surface area contributed by atoms with Gasteiger partial charge in [0.1, 0.15) is 0 Å². The van der Waals surface area contributed by atoms with E-state index in [1.807, 2.05) is 12.1 Å². The highest BCUT2D eigenvalue weighted by atomic mass is 16.5. The van der Waals surface area contributed by atoms with Gasteiger partial charge < -0.3 is 0 Å². The molecule has 118 valence electrons. The number of carbonyl (C=O) groups excluding carboxylic acids is 1. The van der Waals surface area contributed by atoms with E-state index in [2.05, 4.69) is 41.3 Å². The summed E-state index contributed by atoms with van der Waals surface area (Å²) in [6.07, 6.45) is 4.05. The van der Waals surface area contributed by atoms with Gasteiger partial charge in [-0.2, -0.15) is 0 Å². The topological polar surface area (TPSA) is 52.6 Å². The van der Waals surface area contributed by atoms with Gasteiger partial charge >= 0.3 is 0 Å². The lowest BCUT2D eigenvalue weighted by atomic mass is 9.96. The predicted octanol–water partition coefficient (Wildman–Crippen LogP) is 2.76. The van der Waals surface area contributed by atoms with E-state index in [9.17, 15) is 4.79 Å². The molecule has 0 saturated heterocycles. The Labute approximate surface area is 136 Å². The quantitative estimate of drug-likeness (QED) is 0.519. The molecule has 0 spiro atoms. The minimum absolute atomic E-state index is 0.517. The number of hydrogen-bond donors (Lipinski definition) is 2. The van der Waals surface area contributed by atoms with Crippen LogP contribution in [0.1, 0.15) is 22.3 Å². The van der Waals surface area contributed by atoms with Crippen LogP contribution in [-0.2, 0) is 24.3 Å². The number of hydrogen-bond acceptors (Lipinski definition) is 3. The molecule has 2 aromatic rings. The Hall–Kier alpha value is -2.43. The van der Waals surface area contributed by atoms with Gasteiger partial charge in [-0.3, -0.25) is 14.9 Å². The molecule has 0 radical (unpaired) electrons. The molecule has 0 saturated carbocycles. The van der Waals surface area contributed by atoms with E-state index in [0.29, 0.717) is 0 Å². The number of fused-ring (bicyclic) bond motifs is 1. The Morgan fingerprint density at radius 2 is 2.00 bits per heavy atom. The van der Waals surface area contributed by atoms with Crippen LogP contribution in [0.25, 0.3) is 6.08 Å². The predicted molar refractivity (Wildman–Crippen MR) is 89.7 cm³/mol. The van der Waals surface area contributed by atoms with Crippen LogP contribution in [0.3, 0.4) is 0 Å². The molecule has 2 N–H and O–H groups in total. The standard InChI is InChI=1S/C19H20N2O2/c22-19(20-23)9-7-15-6-8-18-14-21(11-10-17(18)12-15)13-16-4-2-1-3-5-16/h1-9,12,23H,10-11,13-14H2,(H,20,22). The monoisotopic (exact) mass is 308 g/mol. The molecule has 0 atom stereocenters. The van der Waals surface area contributed by atoms with Crippen molar-refractivity contribution in [2.75, 3.05) is 6.54 Å². The first kappa shape index (κ1) is 15.5. The van der Waals surface area contributed by atoms with Crippen molar-refractivity contribution in [1.29, 1.82) is 0 Å². The van der Waals surface area contributed by atoms with Crippen LogP contribution in [-0.4, -0.2) is 22.6 Å². The van der Waals surface area contributed by atoms with Crippen molar-refractivity contribution >= 4 is 12.0 Å². The second-order valence-electron chi connectivity index (χ2n) is 5.78. The van der Waals surface area contributed by atoms with Crippen LogP contribution in [0, 0.1) is 0 Å². The fourth-order valence-corrected chi connectivity index (χ4v) is 2.92. The lowest BCUT2D eigenvalue weighted by Gasteiger charge is -2.29. The van der Waals surface area contributed by atoms with E-state index >= 15 is 0 Å². The fourth-order valence-electron chi connectivity index (χ4n) is 2.92. The summed E-state index contributed by atoms with van der Waals surface area (Å²) in [6.45, 7) is 2.95. The van der Waals surface area contributed by atoms with Crippen molar-refractivity contribution < 1.29 is 10.0 Å². The third-order valence-electron chi connectivity index (χ3n) is 4.11. The van der Waals surface area contributed by atoms with E-state index in [4.69, 9.17) is 5.21 Å². The molecule has 1 heterocycles. The minimum Gasteiger partial charge on any atom is -0.294 e. The molecule has 0 bridgehead atoms. The van der Waals surface area contributed by atoms with Crippen LogP contribution in [0.5, 0.6) is 0 Å². The summed E-state index contributed by atoms with van der Waals surface area (Å²) in [4.78, 5) is 13.5. The van der Waals surface area contributed by atoms with Crippen LogP contribution >= 0.6 is 0 Å². The van der Waals surface area contributed by atoms with Gasteiger partial charge in [-0.15, -0.1) is 0 Å². The van der Waals surface area contributed by atoms with Crippen molar-refractivity contribution in [3.05, 3.63) is 76.9 Å². The van der Waals surface area contributed by atoms with Gasteiger partial charge in [-0.1, -0.05) is 48.5 Å². The van der Waals surface area contributed by atoms with E-state index in [-0.39, 0.29) is 0 Å². The highest BCUT2D eigenvalue weighted by molar-refractivity contribution is 5.90. The zero-order valence-corrected chi connectivity index (χ0v) is 12.9. The highest BCUT2D eigenvalue weighted by Crippen LogP contribution is 2.22. The SMILES string of the molecule is O=C(C=Cc1ccc2c(c1)CCN(Cc1ccccc1)C2)NO. The van der Waals surface area contributed by atoms with Gasteiger partial charge in [0.15, 0.2) is 0 Å². The Balaban J connectivity index is 1.68. The van der Waals surface area contributed by atoms with Gasteiger partial charge in [-0.25, -0.2) is 5.48 Å². The number of benzene rings is 2. The maximum absolute atomic E-state index is 11.0. The first-order valence-corrected chi connectivity index (χ1v) is 7.75. The van der Waals surface area contributed by atoms with Crippen LogP contribution < -0.4 is 5.48 Å². The number of carbonyl (C=O) groups is 1. The first-order chi connectivity index (χ1) is 11.2. The average molecular weight is 308 g/mol. The normalized spacial score (nSPS) is 14.7. The molecule has 0 aliphatic carbocycles. The van der Waals surface area contributed by atoms with Gasteiger partial charge in [0.2, 0.25) is 0 Å². The fraction of sp³-hybridized carbons (Fsp3) is 0.211. The van der Waals surface area contributed by atoms with E-state index in [1.165, 1.54) is 22.8 Å². The van der Waals surface area contributed by atoms with Crippen molar-refractivity contribution in [1.82, 2.24) is 10.4 Å². The van der Waals surface area contributed by atoms with Crippen LogP contribution in [0.15, 0.2) is 54.6 Å². The molecule has 1 aliphatic heterocycles. The average Bonchev–Trinajstić information content (AvgIpc) is 2.60. The summed E-state index contributed by atoms with van der Waals surface area (Å²) in [6, 6.07) is 16.8. The Kier molecular flexibility index (Phi) is 4.86. The number of nitrogens with zero attached hydrogens (tertiary/aromatic N) is 1. The van der Waals surface area contributed by atoms with E-state index < -0.39 is 5.91 Å². The summed E-state index contributed by atoms with van der Waals surface area (Å²) < 4.78 is 0. The summed E-state index contributed by atoms with van der Waals surface area (Å²) in [5.74, 6) is -0.517. The van der Waals surface area contributed by atoms with Crippen LogP contribution in [0.4, 0.5) is 0 Å². The number of hydroxylamine groups is 1. The summed E-state index contributed by atoms with van der Waals surface area (Å²) in [7, 11) is 0. The van der Waals surface area contributed by atoms with Crippen LogP contribution in [0.2, 0.25) is 0 Å². The lowest BCUT2D eigenvalue weighted by Crippen LogP contribution is -2.30. The highest BCUT2D eigenvalue weighted by Gasteiger charge is 2.16. The third kappa shape index (κ3) is 4.06. The van der Waals surface area contributed by atoms with E-state index in [0.717, 1.165) is 31.6 Å². The largest absolute Gasteiger partial charge is 0.294 e. The third-order valence-corrected chi connectivity index (χ3v) is 4.11. The lowest BCUT2D eigenvalue weighted by molar-refractivity contribution is -0.124. The van der Waals surface area contributed by atoms with Crippen molar-refractivity contribution in [3.63, 3.8) is 0 Å². The van der Waals surface area contributed by atoms with Crippen molar-refractivity contribution in [2.24, 2.45) is 0 Å². The number of amides is 1. The second kappa shape index (κ2) is 7.22. The van der Waals surface area contributed by atoms with Crippen molar-refractivity contribution in [3.8, 4) is 0 Å². The molecule has 0 unspecified atom stereocenters. The molecule has 1 amide bonds. The Morgan fingerprint density at radius 3 is 2.78 bits per heavy atom. The number of rotatable bonds is 4. The zero-order chi connectivity index (χ0) is 16.1. The molecule has 2 aromatic carbocycles. The maximum atomic E-state index is 11.0. The smallest absolute Gasteiger partial charge is 0.267 e. The molecule has 23 heavy (non-hydrogen) atoms. The molecule has 0 aromatic heterocycles. The summed E-state index contributed by atoms with van der Waals surface area (Å²) in [5.41, 5.74) is 6.59. The molecule has 3 rings (SSSR count). The van der Waals surface area contributed by atoms with Gasteiger partial charge in [0, 0.05) is 25.7 Å². The van der Waals surface area contributed by atoms with Crippen molar-refractivity contribution in [2.45, 2.75) is 19.5 Å². The molecule has 4 heteroatoms. The Bertz CT molecular complexity index is 711. The minimum atomic E-state index is -0.517. The zero-order valence-electron chi connectivity index (χ0n) is 12.9. The maximum Gasteiger partial charge on any atom is 0.267 e. The van der Waals surface area contributed by atoms with Gasteiger partial charge in [0.25, 0.3) is 5.91 Å². The molecular weight excluding hydrogens is 288 g/mol. The van der Waals surface area contributed by atoms with E-state index in [1.54, 1.807) is 11.6 Å². The summed E-state index contributed by atoms with van der Waals surface area (Å²) in [5, 5.41) is 8.50. The summed E-state index contributed by atoms with van der Waals surface area (Å²) >= 11 is 0. The van der Waals surface area contributed by atoms with Gasteiger partial charge in [-0.05, 0) is 34.8 Å². The molecule has 4 nitrogen and oxygen atoms in total. The van der Waals surface area contributed by atoms with Gasteiger partial charge in [0.05, 0.1) is 0 Å². The number of nitrogens with one attached hydrogen (secondary N) is 1. The molecule has 1 aliphatic rings. The first-order valence-electron chi connectivity index (χ1n) is 7.75. The molecule has 0 fully saturated rings.